The fourth-order valence-electron chi connectivity index (χ4n) is 2.65. The van der Waals surface area contributed by atoms with Crippen molar-refractivity contribution in [3.8, 4) is 11.5 Å². The molecule has 1 heterocycles. The van der Waals surface area contributed by atoms with Gasteiger partial charge in [0.05, 0.1) is 6.61 Å². The van der Waals surface area contributed by atoms with Gasteiger partial charge >= 0.3 is 11.9 Å². The largest absolute Gasteiger partial charge is 0.493 e. The van der Waals surface area contributed by atoms with Gasteiger partial charge in [-0.2, -0.15) is 0 Å². The molecule has 0 aromatic heterocycles. The molecule has 29 heavy (non-hydrogen) atoms. The lowest BCUT2D eigenvalue weighted by molar-refractivity contribution is -0.271. The number of rotatable bonds is 9. The Labute approximate surface area is 167 Å². The fourth-order valence-corrected chi connectivity index (χ4v) is 2.65. The highest BCUT2D eigenvalue weighted by Crippen LogP contribution is 2.29. The molecule has 10 heteroatoms. The number of carboxylic acids is 1. The summed E-state index contributed by atoms with van der Waals surface area (Å²) in [6.07, 6.45) is -6.83. The lowest BCUT2D eigenvalue weighted by Crippen LogP contribution is -2.61. The van der Waals surface area contributed by atoms with Crippen LogP contribution in [-0.4, -0.2) is 69.7 Å². The second-order valence-electron chi connectivity index (χ2n) is 6.60. The number of ether oxygens (including phenoxy) is 4. The molecule has 1 fully saturated rings. The number of carbonyl (C=O) groups excluding carboxylic acids is 1. The molecule has 1 aliphatic rings. The Morgan fingerprint density at radius 2 is 1.86 bits per heavy atom. The lowest BCUT2D eigenvalue weighted by Gasteiger charge is -2.38. The van der Waals surface area contributed by atoms with E-state index in [1.165, 1.54) is 19.1 Å². The molecule has 1 aromatic rings. The van der Waals surface area contributed by atoms with Crippen LogP contribution in [0.2, 0.25) is 0 Å². The van der Waals surface area contributed by atoms with E-state index in [2.05, 4.69) is 0 Å². The number of hydrogen-bond donors (Lipinski definition) is 4. The first-order valence-electron chi connectivity index (χ1n) is 9.22. The van der Waals surface area contributed by atoms with Crippen molar-refractivity contribution in [2.24, 2.45) is 0 Å². The molecule has 0 amide bonds. The summed E-state index contributed by atoms with van der Waals surface area (Å²) >= 11 is 0. The first kappa shape index (κ1) is 22.9. The molecule has 4 N–H and O–H groups in total. The second-order valence-corrected chi connectivity index (χ2v) is 6.60. The quantitative estimate of drug-likeness (QED) is 0.326. The van der Waals surface area contributed by atoms with Crippen LogP contribution in [0.25, 0.3) is 0 Å². The lowest BCUT2D eigenvalue weighted by atomic mass is 9.99. The summed E-state index contributed by atoms with van der Waals surface area (Å²) in [6.45, 7) is 3.70. The van der Waals surface area contributed by atoms with Crippen molar-refractivity contribution in [3.05, 3.63) is 23.8 Å². The molecular weight excluding hydrogens is 388 g/mol. The molecule has 0 saturated carbocycles. The molecule has 5 atom stereocenters. The summed E-state index contributed by atoms with van der Waals surface area (Å²) in [7, 11) is 0. The summed E-state index contributed by atoms with van der Waals surface area (Å²) in [5.41, 5.74) is 0.590. The van der Waals surface area contributed by atoms with E-state index in [0.29, 0.717) is 17.9 Å². The highest BCUT2D eigenvalue weighted by atomic mass is 16.7. The zero-order valence-corrected chi connectivity index (χ0v) is 16.2. The number of aliphatic carboxylic acids is 1. The van der Waals surface area contributed by atoms with E-state index in [1.54, 1.807) is 6.07 Å². The molecule has 0 radical (unpaired) electrons. The van der Waals surface area contributed by atoms with Crippen molar-refractivity contribution in [2.45, 2.75) is 64.0 Å². The van der Waals surface area contributed by atoms with Crippen molar-refractivity contribution in [2.75, 3.05) is 6.61 Å². The number of benzene rings is 1. The van der Waals surface area contributed by atoms with Crippen LogP contribution < -0.4 is 9.47 Å². The Morgan fingerprint density at radius 1 is 1.14 bits per heavy atom. The Bertz CT molecular complexity index is 706. The number of carbonyl (C=O) groups is 2. The number of hydrogen-bond acceptors (Lipinski definition) is 9. The van der Waals surface area contributed by atoms with E-state index < -0.39 is 42.6 Å². The topological polar surface area (TPSA) is 152 Å². The Hall–Kier alpha value is -2.40. The third-order valence-corrected chi connectivity index (χ3v) is 4.29. The van der Waals surface area contributed by atoms with Crippen molar-refractivity contribution in [1.82, 2.24) is 0 Å². The van der Waals surface area contributed by atoms with Crippen molar-refractivity contribution >= 4 is 11.9 Å². The zero-order valence-electron chi connectivity index (χ0n) is 16.2. The Kier molecular flexibility index (Phi) is 8.21. The van der Waals surface area contributed by atoms with Gasteiger partial charge in [0.25, 0.3) is 0 Å². The number of aliphatic hydroxyl groups excluding tert-OH is 3. The molecular formula is C19H26O10. The average molecular weight is 414 g/mol. The molecule has 2 rings (SSSR count). The molecule has 1 aliphatic heterocycles. The van der Waals surface area contributed by atoms with Crippen LogP contribution in [0.1, 0.15) is 32.3 Å². The number of carboxylic acid groups (broad SMARTS) is 1. The van der Waals surface area contributed by atoms with Crippen LogP contribution in [0, 0.1) is 0 Å². The van der Waals surface area contributed by atoms with Gasteiger partial charge < -0.3 is 39.4 Å². The van der Waals surface area contributed by atoms with Gasteiger partial charge in [-0.05, 0) is 18.6 Å². The third-order valence-electron chi connectivity index (χ3n) is 4.29. The van der Waals surface area contributed by atoms with Gasteiger partial charge in [-0.15, -0.1) is 0 Å². The molecule has 0 spiro atoms. The summed E-state index contributed by atoms with van der Waals surface area (Å²) in [5.74, 6) is -1.40. The smallest absolute Gasteiger partial charge is 0.335 e. The maximum atomic E-state index is 11.2. The second kappa shape index (κ2) is 10.4. The SMILES string of the molecule is CCCCOc1cc(O[C@@H]2O[C@H](C(=O)O)[C@@H](O)[C@H](O)[C@H]2O)ccc1COC(C)=O. The first-order chi connectivity index (χ1) is 13.7. The molecule has 0 unspecified atom stereocenters. The average Bonchev–Trinajstić information content (AvgIpc) is 2.67. The van der Waals surface area contributed by atoms with Crippen LogP contribution in [0.5, 0.6) is 11.5 Å². The van der Waals surface area contributed by atoms with Gasteiger partial charge in [-0.3, -0.25) is 4.79 Å². The van der Waals surface area contributed by atoms with Crippen LogP contribution in [0.4, 0.5) is 0 Å². The predicted octanol–water partition coefficient (Wildman–Crippen LogP) is 0.200. The highest BCUT2D eigenvalue weighted by molar-refractivity contribution is 5.73. The summed E-state index contributed by atoms with van der Waals surface area (Å²) in [4.78, 5) is 22.3. The number of aliphatic hydroxyl groups is 3. The van der Waals surface area contributed by atoms with Gasteiger partial charge in [0.15, 0.2) is 6.10 Å². The van der Waals surface area contributed by atoms with Crippen molar-refractivity contribution < 1.29 is 49.0 Å². The number of esters is 1. The summed E-state index contributed by atoms with van der Waals surface area (Å²) in [6, 6.07) is 4.57. The van der Waals surface area contributed by atoms with E-state index in [1.807, 2.05) is 6.92 Å². The summed E-state index contributed by atoms with van der Waals surface area (Å²) < 4.78 is 21.3. The van der Waals surface area contributed by atoms with Gasteiger partial charge in [-0.25, -0.2) is 4.79 Å². The minimum Gasteiger partial charge on any atom is -0.493 e. The fraction of sp³-hybridized carbons (Fsp3) is 0.579. The van der Waals surface area contributed by atoms with E-state index in [0.717, 1.165) is 12.8 Å². The van der Waals surface area contributed by atoms with Gasteiger partial charge in [0.1, 0.15) is 36.4 Å². The maximum absolute atomic E-state index is 11.2. The highest BCUT2D eigenvalue weighted by Gasteiger charge is 2.48. The van der Waals surface area contributed by atoms with Gasteiger partial charge in [-0.1, -0.05) is 13.3 Å². The van der Waals surface area contributed by atoms with Crippen molar-refractivity contribution in [3.63, 3.8) is 0 Å². The first-order valence-corrected chi connectivity index (χ1v) is 9.22. The molecule has 162 valence electrons. The maximum Gasteiger partial charge on any atom is 0.335 e. The molecule has 1 saturated heterocycles. The Balaban J connectivity index is 2.18. The number of unbranched alkanes of at least 4 members (excludes halogenated alkanes) is 1. The van der Waals surface area contributed by atoms with Gasteiger partial charge in [0, 0.05) is 18.6 Å². The van der Waals surface area contributed by atoms with Crippen LogP contribution in [-0.2, 0) is 25.7 Å². The summed E-state index contributed by atoms with van der Waals surface area (Å²) in [5, 5.41) is 38.8. The predicted molar refractivity (Wildman–Crippen MR) is 97.3 cm³/mol. The van der Waals surface area contributed by atoms with E-state index in [4.69, 9.17) is 24.1 Å². The van der Waals surface area contributed by atoms with Crippen molar-refractivity contribution in [1.29, 1.82) is 0 Å². The minimum atomic E-state index is -1.80. The Morgan fingerprint density at radius 3 is 2.48 bits per heavy atom. The monoisotopic (exact) mass is 414 g/mol. The third kappa shape index (κ3) is 6.04. The normalized spacial score (nSPS) is 26.6. The molecule has 0 aliphatic carbocycles. The molecule has 0 bridgehead atoms. The van der Waals surface area contributed by atoms with Crippen LogP contribution >= 0.6 is 0 Å². The van der Waals surface area contributed by atoms with E-state index in [9.17, 15) is 24.9 Å². The van der Waals surface area contributed by atoms with Crippen LogP contribution in [0.3, 0.4) is 0 Å². The zero-order chi connectivity index (χ0) is 21.6. The van der Waals surface area contributed by atoms with E-state index >= 15 is 0 Å². The molecule has 10 nitrogen and oxygen atoms in total. The minimum absolute atomic E-state index is 0.00831. The van der Waals surface area contributed by atoms with Gasteiger partial charge in [0.2, 0.25) is 6.29 Å². The molecule has 1 aromatic carbocycles. The van der Waals surface area contributed by atoms with E-state index in [-0.39, 0.29) is 12.4 Å². The standard InChI is InChI=1S/C19H26O10/c1-3-4-7-26-13-8-12(6-5-11(13)9-27-10(2)20)28-19-16(23)14(21)15(22)17(29-19)18(24)25/h5-6,8,14-17,19,21-23H,3-4,7,9H2,1-2H3,(H,24,25)/t14-,15-,16+,17-,19+/m0/s1. The van der Waals surface area contributed by atoms with Crippen LogP contribution in [0.15, 0.2) is 18.2 Å².